The Balaban J connectivity index is 2.87. The van der Waals surface area contributed by atoms with E-state index in [1.807, 2.05) is 0 Å². The van der Waals surface area contributed by atoms with Gasteiger partial charge in [-0.15, -0.1) is 0 Å². The maximum atomic E-state index is 2.24. The van der Waals surface area contributed by atoms with E-state index in [0.717, 1.165) is 6.42 Å². The van der Waals surface area contributed by atoms with Crippen LogP contribution in [-0.4, -0.2) is 0 Å². The summed E-state index contributed by atoms with van der Waals surface area (Å²) < 4.78 is 0. The van der Waals surface area contributed by atoms with Crippen molar-refractivity contribution in [3.8, 4) is 0 Å². The van der Waals surface area contributed by atoms with Crippen molar-refractivity contribution in [2.75, 3.05) is 0 Å². The fraction of sp³-hybridized carbons (Fsp3) is 0.400. The molecule has 0 aromatic rings. The van der Waals surface area contributed by atoms with Crippen molar-refractivity contribution >= 4 is 0 Å². The third-order valence-electron chi connectivity index (χ3n) is 1.74. The molecular weight excluding hydrogens is 120 g/mol. The maximum absolute atomic E-state index is 2.24. The number of hydrogen-bond acceptors (Lipinski definition) is 0. The van der Waals surface area contributed by atoms with Crippen molar-refractivity contribution in [1.29, 1.82) is 0 Å². The van der Waals surface area contributed by atoms with Gasteiger partial charge in [0.2, 0.25) is 0 Å². The molecule has 0 fully saturated rings. The molecule has 0 amide bonds. The van der Waals surface area contributed by atoms with Crippen LogP contribution >= 0.6 is 0 Å². The Morgan fingerprint density at radius 1 is 1.30 bits per heavy atom. The first-order valence-electron chi connectivity index (χ1n) is 3.73. The molecule has 0 aromatic heterocycles. The van der Waals surface area contributed by atoms with Crippen molar-refractivity contribution in [3.63, 3.8) is 0 Å². The number of rotatable bonds is 0. The monoisotopic (exact) mass is 134 g/mol. The van der Waals surface area contributed by atoms with E-state index in [4.69, 9.17) is 0 Å². The summed E-state index contributed by atoms with van der Waals surface area (Å²) in [5.74, 6) is 0. The average molecular weight is 134 g/mol. The number of allylic oxidation sites excluding steroid dienone is 6. The Labute approximate surface area is 62.9 Å². The van der Waals surface area contributed by atoms with Gasteiger partial charge in [-0.25, -0.2) is 0 Å². The molecule has 10 heavy (non-hydrogen) atoms. The number of hydrogen-bond donors (Lipinski definition) is 0. The molecule has 0 saturated carbocycles. The lowest BCUT2D eigenvalue weighted by molar-refractivity contribution is 1.10. The molecule has 0 bridgehead atoms. The normalized spacial score (nSPS) is 22.5. The van der Waals surface area contributed by atoms with Gasteiger partial charge in [0.25, 0.3) is 0 Å². The molecule has 0 radical (unpaired) electrons. The van der Waals surface area contributed by atoms with Gasteiger partial charge in [-0.3, -0.25) is 0 Å². The van der Waals surface area contributed by atoms with Gasteiger partial charge in [-0.1, -0.05) is 29.4 Å². The summed E-state index contributed by atoms with van der Waals surface area (Å²) in [7, 11) is 0. The van der Waals surface area contributed by atoms with Gasteiger partial charge in [0.15, 0.2) is 0 Å². The second-order valence-electron chi connectivity index (χ2n) is 2.92. The van der Waals surface area contributed by atoms with Crippen LogP contribution in [0.15, 0.2) is 34.9 Å². The molecule has 0 N–H and O–H groups in total. The van der Waals surface area contributed by atoms with E-state index in [9.17, 15) is 0 Å². The zero-order chi connectivity index (χ0) is 7.56. The van der Waals surface area contributed by atoms with Gasteiger partial charge in [0.1, 0.15) is 0 Å². The van der Waals surface area contributed by atoms with Crippen molar-refractivity contribution in [3.05, 3.63) is 34.9 Å². The van der Waals surface area contributed by atoms with Gasteiger partial charge < -0.3 is 0 Å². The fourth-order valence-electron chi connectivity index (χ4n) is 1.33. The smallest absolute Gasteiger partial charge is 0.00698 e. The van der Waals surface area contributed by atoms with Gasteiger partial charge in [0, 0.05) is 0 Å². The highest BCUT2D eigenvalue weighted by Crippen LogP contribution is 2.20. The topological polar surface area (TPSA) is 0 Å². The van der Waals surface area contributed by atoms with Crippen molar-refractivity contribution < 1.29 is 0 Å². The lowest BCUT2D eigenvalue weighted by Gasteiger charge is -2.09. The van der Waals surface area contributed by atoms with Gasteiger partial charge in [-0.2, -0.15) is 0 Å². The third kappa shape index (κ3) is 1.60. The standard InChI is InChI=1S/C10H14/c1-4-10-6-8(2)5-9(3)7-10/h4-6H,7H2,1-3H3/b10-4+. The summed E-state index contributed by atoms with van der Waals surface area (Å²) in [6.45, 7) is 6.42. The van der Waals surface area contributed by atoms with E-state index in [1.54, 1.807) is 0 Å². The van der Waals surface area contributed by atoms with Crippen LogP contribution in [0.3, 0.4) is 0 Å². The Bertz CT molecular complexity index is 214. The minimum atomic E-state index is 1.13. The average Bonchev–Trinajstić information content (AvgIpc) is 1.85. The molecule has 0 aliphatic heterocycles. The minimum absolute atomic E-state index is 1.13. The molecule has 0 heteroatoms. The molecule has 0 saturated heterocycles. The Morgan fingerprint density at radius 3 is 2.50 bits per heavy atom. The van der Waals surface area contributed by atoms with E-state index in [-0.39, 0.29) is 0 Å². The highest BCUT2D eigenvalue weighted by Gasteiger charge is 2.00. The van der Waals surface area contributed by atoms with Crippen LogP contribution in [0.2, 0.25) is 0 Å². The first-order valence-corrected chi connectivity index (χ1v) is 3.73. The van der Waals surface area contributed by atoms with Crippen LogP contribution in [0, 0.1) is 0 Å². The Hall–Kier alpha value is -0.780. The van der Waals surface area contributed by atoms with Crippen LogP contribution < -0.4 is 0 Å². The predicted octanol–water partition coefficient (Wildman–Crippen LogP) is 3.23. The summed E-state index contributed by atoms with van der Waals surface area (Å²) in [6, 6.07) is 0. The van der Waals surface area contributed by atoms with Gasteiger partial charge >= 0.3 is 0 Å². The molecule has 54 valence electrons. The molecule has 1 rings (SSSR count). The van der Waals surface area contributed by atoms with E-state index in [0.29, 0.717) is 0 Å². The zero-order valence-electron chi connectivity index (χ0n) is 6.94. The zero-order valence-corrected chi connectivity index (χ0v) is 6.94. The summed E-state index contributed by atoms with van der Waals surface area (Å²) in [4.78, 5) is 0. The molecule has 1 aliphatic carbocycles. The minimum Gasteiger partial charge on any atom is -0.0841 e. The predicted molar refractivity (Wildman–Crippen MR) is 45.9 cm³/mol. The summed E-state index contributed by atoms with van der Waals surface area (Å²) in [5, 5.41) is 0. The maximum Gasteiger partial charge on any atom is -0.00698 e. The van der Waals surface area contributed by atoms with Gasteiger partial charge in [-0.05, 0) is 32.8 Å². The summed E-state index contributed by atoms with van der Waals surface area (Å²) >= 11 is 0. The summed E-state index contributed by atoms with van der Waals surface area (Å²) in [5.41, 5.74) is 4.28. The molecule has 0 nitrogen and oxygen atoms in total. The van der Waals surface area contributed by atoms with E-state index >= 15 is 0 Å². The second kappa shape index (κ2) is 2.87. The molecule has 0 spiro atoms. The molecule has 0 heterocycles. The van der Waals surface area contributed by atoms with Crippen LogP contribution in [0.4, 0.5) is 0 Å². The van der Waals surface area contributed by atoms with Crippen LogP contribution in [0.5, 0.6) is 0 Å². The quantitative estimate of drug-likeness (QED) is 0.477. The van der Waals surface area contributed by atoms with Crippen molar-refractivity contribution in [2.24, 2.45) is 0 Å². The van der Waals surface area contributed by atoms with Gasteiger partial charge in [0.05, 0.1) is 0 Å². The van der Waals surface area contributed by atoms with E-state index in [2.05, 4.69) is 39.0 Å². The molecule has 1 aliphatic rings. The lowest BCUT2D eigenvalue weighted by Crippen LogP contribution is -1.89. The Morgan fingerprint density at radius 2 is 2.00 bits per heavy atom. The largest absolute Gasteiger partial charge is 0.0841 e. The third-order valence-corrected chi connectivity index (χ3v) is 1.74. The fourth-order valence-corrected chi connectivity index (χ4v) is 1.33. The first-order chi connectivity index (χ1) is 4.72. The molecule has 0 unspecified atom stereocenters. The highest BCUT2D eigenvalue weighted by molar-refractivity contribution is 5.38. The SMILES string of the molecule is C/C=C1\C=C(C)C=C(C)C1. The Kier molecular flexibility index (Phi) is 2.10. The molecular formula is C10H14. The van der Waals surface area contributed by atoms with Crippen molar-refractivity contribution in [1.82, 2.24) is 0 Å². The van der Waals surface area contributed by atoms with Crippen LogP contribution in [0.25, 0.3) is 0 Å². The second-order valence-corrected chi connectivity index (χ2v) is 2.92. The highest BCUT2D eigenvalue weighted by atomic mass is 14.1. The lowest BCUT2D eigenvalue weighted by atomic mass is 9.97. The molecule has 0 atom stereocenters. The van der Waals surface area contributed by atoms with Crippen LogP contribution in [0.1, 0.15) is 27.2 Å². The molecule has 0 aromatic carbocycles. The van der Waals surface area contributed by atoms with Crippen LogP contribution in [-0.2, 0) is 0 Å². The van der Waals surface area contributed by atoms with E-state index < -0.39 is 0 Å². The first kappa shape index (κ1) is 7.33. The summed E-state index contributed by atoms with van der Waals surface area (Å²) in [6.07, 6.45) is 7.80. The van der Waals surface area contributed by atoms with Crippen molar-refractivity contribution in [2.45, 2.75) is 27.2 Å². The van der Waals surface area contributed by atoms with E-state index in [1.165, 1.54) is 16.7 Å².